The average molecular weight is 780 g/mol. The highest BCUT2D eigenvalue weighted by atomic mass is 16.3. The van der Waals surface area contributed by atoms with Crippen LogP contribution in [0.25, 0.3) is 88.0 Å². The Morgan fingerprint density at radius 3 is 1.57 bits per heavy atom. The van der Waals surface area contributed by atoms with Gasteiger partial charge >= 0.3 is 0 Å². The van der Waals surface area contributed by atoms with Gasteiger partial charge in [0.2, 0.25) is 0 Å². The Morgan fingerprint density at radius 2 is 0.885 bits per heavy atom. The molecule has 0 unspecified atom stereocenters. The number of hydrogen-bond acceptors (Lipinski definition) is 2. The first kappa shape index (κ1) is 35.3. The van der Waals surface area contributed by atoms with Crippen LogP contribution in [0.5, 0.6) is 0 Å². The van der Waals surface area contributed by atoms with E-state index in [1.807, 2.05) is 0 Å². The van der Waals surface area contributed by atoms with Crippen LogP contribution in [0.4, 0.5) is 17.1 Å². The zero-order valence-corrected chi connectivity index (χ0v) is 34.1. The maximum atomic E-state index is 6.99. The Labute approximate surface area is 355 Å². The predicted molar refractivity (Wildman–Crippen MR) is 257 cm³/mol. The van der Waals surface area contributed by atoms with E-state index in [-0.39, 0.29) is 5.41 Å². The van der Waals surface area contributed by atoms with Crippen LogP contribution in [0.2, 0.25) is 0 Å². The van der Waals surface area contributed by atoms with Crippen LogP contribution >= 0.6 is 0 Å². The van der Waals surface area contributed by atoms with Gasteiger partial charge in [0, 0.05) is 38.5 Å². The molecule has 0 saturated carbocycles. The molecule has 1 aliphatic carbocycles. The first-order chi connectivity index (χ1) is 30.0. The number of benzene rings is 10. The van der Waals surface area contributed by atoms with Crippen LogP contribution in [0.1, 0.15) is 25.0 Å². The number of hydrogen-bond donors (Lipinski definition) is 0. The largest absolute Gasteiger partial charge is 0.455 e. The molecular weight excluding hydrogens is 739 g/mol. The summed E-state index contributed by atoms with van der Waals surface area (Å²) in [6, 6.07) is 77.3. The van der Waals surface area contributed by atoms with Crippen molar-refractivity contribution in [2.75, 3.05) is 4.90 Å². The Kier molecular flexibility index (Phi) is 7.92. The standard InChI is InChI=1S/C59H41NO/c1-59(2)51-24-14-13-21-47(51)48-34-33-44(37-52(48)59)60(43-31-29-41(30-32-43)40-27-25-39(26-28-40)38-15-5-3-6-16-38)53-35-36-54-57(55(53)42-17-7-4-8-18-42)56-49-22-11-9-19-45(49)46-20-10-12-23-50(46)58(56)61-54/h3-37H,1-2H3. The van der Waals surface area contributed by atoms with E-state index in [4.69, 9.17) is 4.42 Å². The summed E-state index contributed by atoms with van der Waals surface area (Å²) >= 11 is 0. The van der Waals surface area contributed by atoms with Gasteiger partial charge in [0.1, 0.15) is 11.2 Å². The summed E-state index contributed by atoms with van der Waals surface area (Å²) in [4.78, 5) is 2.46. The first-order valence-corrected chi connectivity index (χ1v) is 21.2. The molecule has 2 nitrogen and oxygen atoms in total. The molecule has 288 valence electrons. The lowest BCUT2D eigenvalue weighted by Crippen LogP contribution is -2.17. The van der Waals surface area contributed by atoms with E-state index >= 15 is 0 Å². The van der Waals surface area contributed by atoms with Gasteiger partial charge in [-0.15, -0.1) is 0 Å². The molecule has 2 heteroatoms. The monoisotopic (exact) mass is 779 g/mol. The highest BCUT2D eigenvalue weighted by Crippen LogP contribution is 2.53. The molecule has 0 atom stereocenters. The van der Waals surface area contributed by atoms with Crippen molar-refractivity contribution in [1.29, 1.82) is 0 Å². The van der Waals surface area contributed by atoms with Crippen molar-refractivity contribution in [3.8, 4) is 44.5 Å². The summed E-state index contributed by atoms with van der Waals surface area (Å²) in [7, 11) is 0. The molecule has 10 aromatic carbocycles. The molecule has 0 amide bonds. The number of nitrogens with zero attached hydrogens (tertiary/aromatic N) is 1. The Balaban J connectivity index is 1.11. The van der Waals surface area contributed by atoms with Crippen molar-refractivity contribution in [1.82, 2.24) is 0 Å². The highest BCUT2D eigenvalue weighted by molar-refractivity contribution is 6.33. The topological polar surface area (TPSA) is 16.4 Å². The fraction of sp³-hybridized carbons (Fsp3) is 0.0508. The van der Waals surface area contributed by atoms with Gasteiger partial charge in [-0.1, -0.05) is 190 Å². The predicted octanol–water partition coefficient (Wildman–Crippen LogP) is 16.7. The molecule has 1 aromatic heterocycles. The third kappa shape index (κ3) is 5.49. The van der Waals surface area contributed by atoms with E-state index in [1.54, 1.807) is 0 Å². The zero-order chi connectivity index (χ0) is 40.7. The second kappa shape index (κ2) is 13.7. The third-order valence-electron chi connectivity index (χ3n) is 13.1. The molecule has 1 heterocycles. The molecule has 0 spiro atoms. The lowest BCUT2D eigenvalue weighted by molar-refractivity contribution is 0.660. The van der Waals surface area contributed by atoms with E-state index in [9.17, 15) is 0 Å². The van der Waals surface area contributed by atoms with Gasteiger partial charge in [-0.25, -0.2) is 0 Å². The summed E-state index contributed by atoms with van der Waals surface area (Å²) in [5, 5.41) is 7.00. The fourth-order valence-electron chi connectivity index (χ4n) is 10.1. The maximum absolute atomic E-state index is 6.99. The quantitative estimate of drug-likeness (QED) is 0.156. The summed E-state index contributed by atoms with van der Waals surface area (Å²) in [5.41, 5.74) is 17.3. The van der Waals surface area contributed by atoms with Gasteiger partial charge in [0.05, 0.1) is 5.69 Å². The molecule has 0 radical (unpaired) electrons. The van der Waals surface area contributed by atoms with Crippen molar-refractivity contribution < 1.29 is 4.42 Å². The van der Waals surface area contributed by atoms with Crippen molar-refractivity contribution in [3.63, 3.8) is 0 Å². The van der Waals surface area contributed by atoms with Gasteiger partial charge < -0.3 is 9.32 Å². The summed E-state index contributed by atoms with van der Waals surface area (Å²) in [6.07, 6.45) is 0. The van der Waals surface area contributed by atoms with E-state index in [1.165, 1.54) is 60.7 Å². The molecule has 0 fully saturated rings. The van der Waals surface area contributed by atoms with Gasteiger partial charge in [0.25, 0.3) is 0 Å². The minimum Gasteiger partial charge on any atom is -0.455 e. The number of fused-ring (bicyclic) bond motifs is 11. The van der Waals surface area contributed by atoms with Gasteiger partial charge in [0.15, 0.2) is 0 Å². The van der Waals surface area contributed by atoms with E-state index < -0.39 is 0 Å². The normalized spacial score (nSPS) is 12.9. The Morgan fingerprint density at radius 1 is 0.377 bits per heavy atom. The zero-order valence-electron chi connectivity index (χ0n) is 34.1. The maximum Gasteiger partial charge on any atom is 0.143 e. The SMILES string of the molecule is CC1(C)c2ccccc2-c2ccc(N(c3ccc(-c4ccc(-c5ccccc5)cc4)cc3)c3ccc4oc5c6ccccc6c6ccccc6c5c4c3-c3ccccc3)cc21. The van der Waals surface area contributed by atoms with Gasteiger partial charge in [-0.2, -0.15) is 0 Å². The Hall–Kier alpha value is -7.68. The summed E-state index contributed by atoms with van der Waals surface area (Å²) in [6.45, 7) is 4.72. The second-order valence-corrected chi connectivity index (χ2v) is 16.8. The minimum atomic E-state index is -0.156. The first-order valence-electron chi connectivity index (χ1n) is 21.2. The Bertz CT molecular complexity index is 3470. The summed E-state index contributed by atoms with van der Waals surface area (Å²) in [5.74, 6) is 0. The number of anilines is 3. The molecule has 0 bridgehead atoms. The van der Waals surface area contributed by atoms with Crippen LogP contribution in [0.3, 0.4) is 0 Å². The molecule has 1 aliphatic rings. The molecule has 61 heavy (non-hydrogen) atoms. The lowest BCUT2D eigenvalue weighted by Gasteiger charge is -2.30. The smallest absolute Gasteiger partial charge is 0.143 e. The number of rotatable bonds is 6. The molecular formula is C59H41NO. The van der Waals surface area contributed by atoms with Crippen molar-refractivity contribution in [2.45, 2.75) is 19.3 Å². The van der Waals surface area contributed by atoms with Gasteiger partial charge in [-0.05, 0) is 103 Å². The van der Waals surface area contributed by atoms with Crippen LogP contribution in [0.15, 0.2) is 217 Å². The van der Waals surface area contributed by atoms with E-state index in [2.05, 4.69) is 231 Å². The molecule has 11 aromatic rings. The third-order valence-corrected chi connectivity index (χ3v) is 13.1. The average Bonchev–Trinajstić information content (AvgIpc) is 3.83. The van der Waals surface area contributed by atoms with Crippen LogP contribution in [0, 0.1) is 0 Å². The van der Waals surface area contributed by atoms with E-state index in [0.29, 0.717) is 0 Å². The highest BCUT2D eigenvalue weighted by Gasteiger charge is 2.36. The lowest BCUT2D eigenvalue weighted by atomic mass is 9.82. The molecule has 0 N–H and O–H groups in total. The summed E-state index contributed by atoms with van der Waals surface area (Å²) < 4.78 is 6.99. The second-order valence-electron chi connectivity index (χ2n) is 16.8. The van der Waals surface area contributed by atoms with Crippen molar-refractivity contribution in [3.05, 3.63) is 223 Å². The van der Waals surface area contributed by atoms with Crippen LogP contribution in [-0.2, 0) is 5.41 Å². The van der Waals surface area contributed by atoms with Crippen LogP contribution < -0.4 is 4.90 Å². The van der Waals surface area contributed by atoms with Crippen molar-refractivity contribution >= 4 is 60.5 Å². The van der Waals surface area contributed by atoms with Crippen molar-refractivity contribution in [2.24, 2.45) is 0 Å². The molecule has 0 aliphatic heterocycles. The van der Waals surface area contributed by atoms with Gasteiger partial charge in [-0.3, -0.25) is 0 Å². The minimum absolute atomic E-state index is 0.156. The molecule has 0 saturated heterocycles. The van der Waals surface area contributed by atoms with Crippen LogP contribution in [-0.4, -0.2) is 0 Å². The number of furan rings is 1. The van der Waals surface area contributed by atoms with E-state index in [0.717, 1.165) is 55.5 Å². The molecule has 12 rings (SSSR count). The fourth-order valence-corrected chi connectivity index (χ4v) is 10.1.